The zero-order valence-corrected chi connectivity index (χ0v) is 11.8. The number of benzene rings is 2. The minimum atomic E-state index is -0.478. The highest BCUT2D eigenvalue weighted by molar-refractivity contribution is 9.10. The molecule has 1 aliphatic carbocycles. The van der Waals surface area contributed by atoms with E-state index in [2.05, 4.69) is 15.9 Å². The van der Waals surface area contributed by atoms with Gasteiger partial charge in [0, 0.05) is 10.0 Å². The van der Waals surface area contributed by atoms with Crippen molar-refractivity contribution in [1.29, 1.82) is 0 Å². The summed E-state index contributed by atoms with van der Waals surface area (Å²) in [4.78, 5) is 12.4. The van der Waals surface area contributed by atoms with Crippen molar-refractivity contribution in [2.24, 2.45) is 0 Å². The van der Waals surface area contributed by atoms with Crippen molar-refractivity contribution in [1.82, 2.24) is 0 Å². The third kappa shape index (κ3) is 2.35. The maximum atomic E-state index is 13.7. The Morgan fingerprint density at radius 3 is 2.68 bits per heavy atom. The van der Waals surface area contributed by atoms with Gasteiger partial charge in [-0.1, -0.05) is 28.1 Å². The first-order valence-corrected chi connectivity index (χ1v) is 7.06. The van der Waals surface area contributed by atoms with Crippen molar-refractivity contribution in [3.8, 4) is 0 Å². The van der Waals surface area contributed by atoms with E-state index in [1.165, 1.54) is 23.3 Å². The van der Waals surface area contributed by atoms with Gasteiger partial charge >= 0.3 is 0 Å². The van der Waals surface area contributed by atoms with E-state index in [4.69, 9.17) is 0 Å². The smallest absolute Gasteiger partial charge is 0.196 e. The zero-order chi connectivity index (χ0) is 13.4. The van der Waals surface area contributed by atoms with Gasteiger partial charge in [-0.15, -0.1) is 0 Å². The Bertz CT molecular complexity index is 664. The van der Waals surface area contributed by atoms with Crippen molar-refractivity contribution in [3.63, 3.8) is 0 Å². The van der Waals surface area contributed by atoms with E-state index in [1.54, 1.807) is 12.1 Å². The molecule has 3 rings (SSSR count). The summed E-state index contributed by atoms with van der Waals surface area (Å²) >= 11 is 3.27. The van der Waals surface area contributed by atoms with Crippen molar-refractivity contribution in [2.75, 3.05) is 0 Å². The van der Waals surface area contributed by atoms with Crippen LogP contribution < -0.4 is 0 Å². The van der Waals surface area contributed by atoms with Crippen molar-refractivity contribution < 1.29 is 9.18 Å². The average Bonchev–Trinajstić information content (AvgIpc) is 2.88. The SMILES string of the molecule is O=C(c1ccc2c(c1)CCC2)c1cc(Br)ccc1F. The Morgan fingerprint density at radius 1 is 1.05 bits per heavy atom. The predicted octanol–water partition coefficient (Wildman–Crippen LogP) is 4.31. The minimum absolute atomic E-state index is 0.118. The number of hydrogen-bond donors (Lipinski definition) is 0. The monoisotopic (exact) mass is 318 g/mol. The third-order valence-electron chi connectivity index (χ3n) is 3.53. The van der Waals surface area contributed by atoms with E-state index in [-0.39, 0.29) is 11.3 Å². The first-order valence-electron chi connectivity index (χ1n) is 6.27. The van der Waals surface area contributed by atoms with Gasteiger partial charge in [-0.3, -0.25) is 4.79 Å². The maximum absolute atomic E-state index is 13.7. The topological polar surface area (TPSA) is 17.1 Å². The van der Waals surface area contributed by atoms with Crippen LogP contribution in [-0.2, 0) is 12.8 Å². The lowest BCUT2D eigenvalue weighted by Gasteiger charge is -2.06. The van der Waals surface area contributed by atoms with Gasteiger partial charge in [-0.2, -0.15) is 0 Å². The first-order chi connectivity index (χ1) is 9.15. The van der Waals surface area contributed by atoms with Crippen LogP contribution in [0.2, 0.25) is 0 Å². The van der Waals surface area contributed by atoms with E-state index >= 15 is 0 Å². The fourth-order valence-electron chi connectivity index (χ4n) is 2.54. The predicted molar refractivity (Wildman–Crippen MR) is 76.0 cm³/mol. The summed E-state index contributed by atoms with van der Waals surface area (Å²) in [6, 6.07) is 10.1. The molecule has 0 bridgehead atoms. The van der Waals surface area contributed by atoms with Gasteiger partial charge in [0.2, 0.25) is 0 Å². The lowest BCUT2D eigenvalue weighted by Crippen LogP contribution is -2.05. The molecule has 96 valence electrons. The van der Waals surface area contributed by atoms with Crippen molar-refractivity contribution >= 4 is 21.7 Å². The summed E-state index contributed by atoms with van der Waals surface area (Å²) in [6.07, 6.45) is 3.23. The van der Waals surface area contributed by atoms with Gasteiger partial charge in [-0.25, -0.2) is 4.39 Å². The van der Waals surface area contributed by atoms with Crippen molar-refractivity contribution in [2.45, 2.75) is 19.3 Å². The standard InChI is InChI=1S/C16H12BrFO/c17-13-6-7-15(18)14(9-13)16(19)12-5-4-10-2-1-3-11(10)8-12/h4-9H,1-3H2. The Hall–Kier alpha value is -1.48. The second-order valence-electron chi connectivity index (χ2n) is 4.79. The highest BCUT2D eigenvalue weighted by Gasteiger charge is 2.17. The molecule has 2 aromatic carbocycles. The highest BCUT2D eigenvalue weighted by Crippen LogP contribution is 2.25. The molecule has 0 amide bonds. The summed E-state index contributed by atoms with van der Waals surface area (Å²) in [5.74, 6) is -0.734. The molecule has 0 fully saturated rings. The molecule has 1 aliphatic rings. The summed E-state index contributed by atoms with van der Waals surface area (Å²) in [5, 5.41) is 0. The van der Waals surface area contributed by atoms with Crippen LogP contribution in [0, 0.1) is 5.82 Å². The lowest BCUT2D eigenvalue weighted by atomic mass is 9.99. The molecule has 0 aromatic heterocycles. The second-order valence-corrected chi connectivity index (χ2v) is 5.71. The number of hydrogen-bond acceptors (Lipinski definition) is 1. The molecule has 0 atom stereocenters. The molecule has 0 aliphatic heterocycles. The van der Waals surface area contributed by atoms with E-state index in [0.717, 1.165) is 19.3 Å². The Balaban J connectivity index is 2.02. The fourth-order valence-corrected chi connectivity index (χ4v) is 2.90. The van der Waals surface area contributed by atoms with Gasteiger partial charge in [0.25, 0.3) is 0 Å². The largest absolute Gasteiger partial charge is 0.288 e. The number of ketones is 1. The highest BCUT2D eigenvalue weighted by atomic mass is 79.9. The fraction of sp³-hybridized carbons (Fsp3) is 0.188. The van der Waals surface area contributed by atoms with Crippen LogP contribution in [0.1, 0.15) is 33.5 Å². The Morgan fingerprint density at radius 2 is 1.84 bits per heavy atom. The molecule has 2 aromatic rings. The summed E-state index contributed by atoms with van der Waals surface area (Å²) < 4.78 is 14.4. The van der Waals surface area contributed by atoms with Crippen LogP contribution in [0.4, 0.5) is 4.39 Å². The van der Waals surface area contributed by atoms with E-state index in [0.29, 0.717) is 10.0 Å². The molecular weight excluding hydrogens is 307 g/mol. The molecule has 19 heavy (non-hydrogen) atoms. The molecule has 0 unspecified atom stereocenters. The van der Waals surface area contributed by atoms with Crippen LogP contribution in [0.5, 0.6) is 0 Å². The van der Waals surface area contributed by atoms with E-state index in [9.17, 15) is 9.18 Å². The first kappa shape index (κ1) is 12.5. The number of fused-ring (bicyclic) bond motifs is 1. The molecule has 0 spiro atoms. The quantitative estimate of drug-likeness (QED) is 0.754. The molecule has 1 nitrogen and oxygen atoms in total. The lowest BCUT2D eigenvalue weighted by molar-refractivity contribution is 0.103. The molecule has 0 N–H and O–H groups in total. The van der Waals surface area contributed by atoms with Crippen molar-refractivity contribution in [3.05, 3.63) is 68.9 Å². The maximum Gasteiger partial charge on any atom is 0.196 e. The van der Waals surface area contributed by atoms with E-state index < -0.39 is 5.82 Å². The van der Waals surface area contributed by atoms with Gasteiger partial charge in [0.1, 0.15) is 5.82 Å². The summed E-state index contributed by atoms with van der Waals surface area (Å²) in [5.41, 5.74) is 3.22. The van der Waals surface area contributed by atoms with E-state index in [1.807, 2.05) is 12.1 Å². The van der Waals surface area contributed by atoms with Gasteiger partial charge in [0.15, 0.2) is 5.78 Å². The van der Waals surface area contributed by atoms with Crippen LogP contribution in [0.25, 0.3) is 0 Å². The third-order valence-corrected chi connectivity index (χ3v) is 4.03. The van der Waals surface area contributed by atoms with Gasteiger partial charge < -0.3 is 0 Å². The number of rotatable bonds is 2. The number of halogens is 2. The number of carbonyl (C=O) groups is 1. The van der Waals surface area contributed by atoms with Gasteiger partial charge in [-0.05, 0) is 54.7 Å². The van der Waals surface area contributed by atoms with Crippen LogP contribution >= 0.6 is 15.9 Å². The molecule has 0 saturated heterocycles. The zero-order valence-electron chi connectivity index (χ0n) is 10.2. The number of aryl methyl sites for hydroxylation is 2. The van der Waals surface area contributed by atoms with Gasteiger partial charge in [0.05, 0.1) is 5.56 Å². The average molecular weight is 319 g/mol. The number of carbonyl (C=O) groups excluding carboxylic acids is 1. The Labute approximate surface area is 119 Å². The summed E-state index contributed by atoms with van der Waals surface area (Å²) in [7, 11) is 0. The molecular formula is C16H12BrFO. The van der Waals surface area contributed by atoms with Crippen LogP contribution in [-0.4, -0.2) is 5.78 Å². The normalized spacial score (nSPS) is 13.4. The molecule has 0 heterocycles. The Kier molecular flexibility index (Phi) is 3.23. The van der Waals surface area contributed by atoms with Crippen LogP contribution in [0.3, 0.4) is 0 Å². The molecule has 0 radical (unpaired) electrons. The summed E-state index contributed by atoms with van der Waals surface area (Å²) in [6.45, 7) is 0. The van der Waals surface area contributed by atoms with Crippen LogP contribution in [0.15, 0.2) is 40.9 Å². The second kappa shape index (κ2) is 4.89. The molecule has 3 heteroatoms. The minimum Gasteiger partial charge on any atom is -0.288 e. The molecule has 0 saturated carbocycles.